The van der Waals surface area contributed by atoms with Crippen LogP contribution in [-0.4, -0.2) is 19.1 Å². The Bertz CT molecular complexity index is 418. The van der Waals surface area contributed by atoms with Crippen LogP contribution in [0.2, 0.25) is 5.02 Å². The monoisotopic (exact) mass is 306 g/mol. The van der Waals surface area contributed by atoms with Gasteiger partial charge in [0.25, 0.3) is 0 Å². The number of hydrogen-bond acceptors (Lipinski definition) is 1. The van der Waals surface area contributed by atoms with Gasteiger partial charge in [0.15, 0.2) is 0 Å². The first kappa shape index (κ1) is 11.7. The van der Waals surface area contributed by atoms with E-state index in [1.807, 2.05) is 0 Å². The average Bonchev–Trinajstić information content (AvgIpc) is 2.19. The molecule has 3 nitrogen and oxygen atoms in total. The van der Waals surface area contributed by atoms with Crippen molar-refractivity contribution in [2.75, 3.05) is 18.0 Å². The molecule has 0 aliphatic carbocycles. The smallest absolute Gasteiger partial charge is 0.321 e. The zero-order valence-electron chi connectivity index (χ0n) is 8.27. The third-order valence-corrected chi connectivity index (χ3v) is 3.22. The van der Waals surface area contributed by atoms with Crippen LogP contribution in [0.4, 0.5) is 14.9 Å². The van der Waals surface area contributed by atoms with Crippen molar-refractivity contribution in [3.8, 4) is 0 Å². The lowest BCUT2D eigenvalue weighted by atomic mass is 10.2. The van der Waals surface area contributed by atoms with Crippen LogP contribution in [0, 0.1) is 5.82 Å². The molecule has 1 heterocycles. The predicted octanol–water partition coefficient (Wildman–Crippen LogP) is 3.16. The molecule has 1 aromatic rings. The van der Waals surface area contributed by atoms with Gasteiger partial charge in [-0.3, -0.25) is 4.90 Å². The Labute approximate surface area is 106 Å². The summed E-state index contributed by atoms with van der Waals surface area (Å²) in [6.45, 7) is 1.24. The normalized spacial score (nSPS) is 16.2. The van der Waals surface area contributed by atoms with Gasteiger partial charge in [-0.25, -0.2) is 9.18 Å². The molecule has 1 N–H and O–H groups in total. The van der Waals surface area contributed by atoms with E-state index in [-0.39, 0.29) is 11.1 Å². The fourth-order valence-electron chi connectivity index (χ4n) is 1.64. The second-order valence-corrected chi connectivity index (χ2v) is 4.72. The Morgan fingerprint density at radius 2 is 2.25 bits per heavy atom. The summed E-state index contributed by atoms with van der Waals surface area (Å²) < 4.78 is 13.5. The van der Waals surface area contributed by atoms with Crippen LogP contribution in [0.1, 0.15) is 6.42 Å². The van der Waals surface area contributed by atoms with Crippen LogP contribution in [-0.2, 0) is 0 Å². The van der Waals surface area contributed by atoms with Crippen molar-refractivity contribution in [1.82, 2.24) is 5.32 Å². The van der Waals surface area contributed by atoms with E-state index in [9.17, 15) is 9.18 Å². The summed E-state index contributed by atoms with van der Waals surface area (Å²) in [5.74, 6) is -0.432. The molecule has 0 saturated carbocycles. The van der Waals surface area contributed by atoms with Crippen molar-refractivity contribution in [2.24, 2.45) is 0 Å². The molecule has 0 unspecified atom stereocenters. The van der Waals surface area contributed by atoms with Crippen molar-refractivity contribution in [2.45, 2.75) is 6.42 Å². The van der Waals surface area contributed by atoms with Crippen LogP contribution in [0.25, 0.3) is 0 Å². The Hall–Kier alpha value is -0.810. The molecule has 0 bridgehead atoms. The van der Waals surface area contributed by atoms with Crippen molar-refractivity contribution in [1.29, 1.82) is 0 Å². The van der Waals surface area contributed by atoms with E-state index in [2.05, 4.69) is 21.2 Å². The summed E-state index contributed by atoms with van der Waals surface area (Å²) in [6, 6.07) is 2.28. The number of amides is 2. The summed E-state index contributed by atoms with van der Waals surface area (Å²) in [6.07, 6.45) is 0.839. The zero-order chi connectivity index (χ0) is 11.7. The maximum atomic E-state index is 13.0. The van der Waals surface area contributed by atoms with Crippen LogP contribution in [0.5, 0.6) is 0 Å². The molecule has 0 radical (unpaired) electrons. The van der Waals surface area contributed by atoms with Crippen LogP contribution < -0.4 is 10.2 Å². The predicted molar refractivity (Wildman–Crippen MR) is 64.5 cm³/mol. The number of urea groups is 1. The van der Waals surface area contributed by atoms with Gasteiger partial charge >= 0.3 is 6.03 Å². The summed E-state index contributed by atoms with van der Waals surface area (Å²) in [4.78, 5) is 13.1. The molecule has 0 atom stereocenters. The number of anilines is 1. The van der Waals surface area contributed by atoms with Gasteiger partial charge in [0.1, 0.15) is 5.82 Å². The average molecular weight is 308 g/mol. The minimum absolute atomic E-state index is 0.208. The minimum atomic E-state index is -0.432. The van der Waals surface area contributed by atoms with E-state index in [0.717, 1.165) is 6.42 Å². The van der Waals surface area contributed by atoms with E-state index >= 15 is 0 Å². The van der Waals surface area contributed by atoms with Gasteiger partial charge in [-0.2, -0.15) is 0 Å². The number of nitrogens with zero attached hydrogens (tertiary/aromatic N) is 1. The van der Waals surface area contributed by atoms with E-state index in [0.29, 0.717) is 23.2 Å². The maximum Gasteiger partial charge on any atom is 0.321 e. The van der Waals surface area contributed by atoms with Crippen LogP contribution in [0.15, 0.2) is 16.6 Å². The lowest BCUT2D eigenvalue weighted by Gasteiger charge is -2.29. The number of halogens is 3. The lowest BCUT2D eigenvalue weighted by Crippen LogP contribution is -2.46. The topological polar surface area (TPSA) is 32.3 Å². The highest BCUT2D eigenvalue weighted by Crippen LogP contribution is 2.35. The van der Waals surface area contributed by atoms with E-state index in [1.165, 1.54) is 17.0 Å². The molecule has 6 heteroatoms. The molecule has 1 aliphatic heterocycles. The Morgan fingerprint density at radius 1 is 1.50 bits per heavy atom. The molecule has 0 spiro atoms. The third kappa shape index (κ3) is 2.15. The summed E-state index contributed by atoms with van der Waals surface area (Å²) in [7, 11) is 0. The summed E-state index contributed by atoms with van der Waals surface area (Å²) in [5, 5.41) is 2.94. The Kier molecular flexibility index (Phi) is 3.35. The first-order valence-corrected chi connectivity index (χ1v) is 5.96. The minimum Gasteiger partial charge on any atom is -0.338 e. The van der Waals surface area contributed by atoms with E-state index in [1.54, 1.807) is 0 Å². The van der Waals surface area contributed by atoms with Crippen molar-refractivity contribution < 1.29 is 9.18 Å². The first-order chi connectivity index (χ1) is 7.59. The molecule has 1 aromatic carbocycles. The number of benzene rings is 1. The van der Waals surface area contributed by atoms with Gasteiger partial charge in [-0.05, 0) is 34.5 Å². The van der Waals surface area contributed by atoms with Gasteiger partial charge < -0.3 is 5.32 Å². The van der Waals surface area contributed by atoms with Gasteiger partial charge in [-0.15, -0.1) is 0 Å². The van der Waals surface area contributed by atoms with Crippen LogP contribution in [0.3, 0.4) is 0 Å². The quantitative estimate of drug-likeness (QED) is 0.849. The number of hydrogen-bond donors (Lipinski definition) is 1. The fourth-order valence-corrected chi connectivity index (χ4v) is 2.70. The van der Waals surface area contributed by atoms with Gasteiger partial charge in [-0.1, -0.05) is 11.6 Å². The number of carbonyl (C=O) groups excluding carboxylic acids is 1. The van der Waals surface area contributed by atoms with Crippen LogP contribution >= 0.6 is 27.5 Å². The highest BCUT2D eigenvalue weighted by Gasteiger charge is 2.23. The molecule has 2 rings (SSSR count). The summed E-state index contributed by atoms with van der Waals surface area (Å²) >= 11 is 9.16. The molecule has 1 fully saturated rings. The van der Waals surface area contributed by atoms with Crippen molar-refractivity contribution in [3.05, 3.63) is 27.4 Å². The molecule has 86 valence electrons. The summed E-state index contributed by atoms with van der Waals surface area (Å²) in [5.41, 5.74) is 0.514. The third-order valence-electron chi connectivity index (χ3n) is 2.33. The number of nitrogens with one attached hydrogen (secondary N) is 1. The SMILES string of the molecule is O=C1NCCCN1c1c(Cl)cc(F)cc1Br. The molecular formula is C10H9BrClFN2O. The second-order valence-electron chi connectivity index (χ2n) is 3.46. The van der Waals surface area contributed by atoms with Crippen molar-refractivity contribution in [3.63, 3.8) is 0 Å². The molecule has 16 heavy (non-hydrogen) atoms. The largest absolute Gasteiger partial charge is 0.338 e. The van der Waals surface area contributed by atoms with E-state index < -0.39 is 5.82 Å². The van der Waals surface area contributed by atoms with E-state index in [4.69, 9.17) is 11.6 Å². The van der Waals surface area contributed by atoms with Gasteiger partial charge in [0.2, 0.25) is 0 Å². The van der Waals surface area contributed by atoms with Crippen molar-refractivity contribution >= 4 is 39.2 Å². The molecular weight excluding hydrogens is 298 g/mol. The standard InChI is InChI=1S/C10H9BrClFN2O/c11-7-4-6(13)5-8(12)9(7)15-3-1-2-14-10(15)16/h4-5H,1-3H2,(H,14,16). The highest BCUT2D eigenvalue weighted by molar-refractivity contribution is 9.10. The van der Waals surface area contributed by atoms with Gasteiger partial charge in [0, 0.05) is 17.6 Å². The fraction of sp³-hybridized carbons (Fsp3) is 0.300. The van der Waals surface area contributed by atoms with Gasteiger partial charge in [0.05, 0.1) is 10.7 Å². The number of carbonyl (C=O) groups is 1. The second kappa shape index (κ2) is 4.59. The Morgan fingerprint density at radius 3 is 2.88 bits per heavy atom. The Balaban J connectivity index is 2.42. The zero-order valence-corrected chi connectivity index (χ0v) is 10.6. The first-order valence-electron chi connectivity index (χ1n) is 4.79. The molecule has 1 aliphatic rings. The number of rotatable bonds is 1. The lowest BCUT2D eigenvalue weighted by molar-refractivity contribution is 0.243. The molecule has 2 amide bonds. The molecule has 1 saturated heterocycles. The highest BCUT2D eigenvalue weighted by atomic mass is 79.9. The molecule has 0 aromatic heterocycles. The maximum absolute atomic E-state index is 13.0.